The Kier molecular flexibility index (Phi) is 3.61. The molecule has 124 valence electrons. The summed E-state index contributed by atoms with van der Waals surface area (Å²) in [5, 5.41) is 14.2. The Bertz CT molecular complexity index is 863. The van der Waals surface area contributed by atoms with Crippen LogP contribution in [0, 0.1) is 0 Å². The minimum Gasteiger partial charge on any atom is -0.399 e. The highest BCUT2D eigenvalue weighted by Gasteiger charge is 2.25. The quantitative estimate of drug-likeness (QED) is 0.629. The Morgan fingerprint density at radius 1 is 1.04 bits per heavy atom. The highest BCUT2D eigenvalue weighted by Crippen LogP contribution is 2.38. The molecular formula is C18H21N5O. The summed E-state index contributed by atoms with van der Waals surface area (Å²) in [6.07, 6.45) is 4.89. The number of hydrogen-bond acceptors (Lipinski definition) is 5. The van der Waals surface area contributed by atoms with E-state index >= 15 is 0 Å². The van der Waals surface area contributed by atoms with Crippen molar-refractivity contribution in [3.05, 3.63) is 42.4 Å². The fraction of sp³-hybridized carbons (Fsp3) is 0.333. The van der Waals surface area contributed by atoms with Gasteiger partial charge in [0.2, 0.25) is 0 Å². The Labute approximate surface area is 140 Å². The molecule has 0 unspecified atom stereocenters. The standard InChI is InChI=1S/C18H21N5O/c19-13-5-1-11(2-6-13)15-9-16(12-3-7-14(24)8-4-12)23-17(15)18(20)21-10-22-23/h1-2,5-6,9-10,12,14,24H,3-4,7-8,19H2,(H2,20,21,22)/t12-,14+. The number of fused-ring (bicyclic) bond motifs is 1. The van der Waals surface area contributed by atoms with Crippen LogP contribution in [0.1, 0.15) is 37.3 Å². The van der Waals surface area contributed by atoms with Crippen molar-refractivity contribution in [1.29, 1.82) is 0 Å². The normalized spacial score (nSPS) is 21.2. The number of nitrogens with zero attached hydrogens (tertiary/aromatic N) is 3. The van der Waals surface area contributed by atoms with Gasteiger partial charge in [0.15, 0.2) is 5.82 Å². The molecule has 1 saturated carbocycles. The van der Waals surface area contributed by atoms with Crippen LogP contribution in [0.25, 0.3) is 16.6 Å². The number of nitrogens with two attached hydrogens (primary N) is 2. The SMILES string of the molecule is Nc1ccc(-c2cc([C@H]3CC[C@@H](O)CC3)n3ncnc(N)c23)cc1. The average Bonchev–Trinajstić information content (AvgIpc) is 2.97. The Morgan fingerprint density at radius 2 is 1.75 bits per heavy atom. The Morgan fingerprint density at radius 3 is 2.46 bits per heavy atom. The van der Waals surface area contributed by atoms with Gasteiger partial charge in [0.25, 0.3) is 0 Å². The van der Waals surface area contributed by atoms with Gasteiger partial charge in [-0.1, -0.05) is 12.1 Å². The molecule has 1 aliphatic rings. The van der Waals surface area contributed by atoms with Crippen molar-refractivity contribution in [3.8, 4) is 11.1 Å². The van der Waals surface area contributed by atoms with Gasteiger partial charge in [-0.25, -0.2) is 9.50 Å². The zero-order chi connectivity index (χ0) is 16.7. The van der Waals surface area contributed by atoms with Crippen LogP contribution in [-0.2, 0) is 0 Å². The second kappa shape index (κ2) is 5.79. The van der Waals surface area contributed by atoms with Crippen LogP contribution in [0.15, 0.2) is 36.7 Å². The summed E-state index contributed by atoms with van der Waals surface area (Å²) in [4.78, 5) is 4.16. The van der Waals surface area contributed by atoms with Crippen LogP contribution in [0.2, 0.25) is 0 Å². The van der Waals surface area contributed by atoms with Gasteiger partial charge in [-0.3, -0.25) is 0 Å². The first kappa shape index (κ1) is 15.0. The zero-order valence-electron chi connectivity index (χ0n) is 13.4. The average molecular weight is 323 g/mol. The number of aliphatic hydroxyl groups excluding tert-OH is 1. The van der Waals surface area contributed by atoms with Crippen molar-refractivity contribution in [2.45, 2.75) is 37.7 Å². The molecule has 0 amide bonds. The Hall–Kier alpha value is -2.60. The topological polar surface area (TPSA) is 102 Å². The Balaban J connectivity index is 1.87. The number of nitrogen functional groups attached to an aromatic ring is 2. The van der Waals surface area contributed by atoms with E-state index in [0.29, 0.717) is 11.7 Å². The highest BCUT2D eigenvalue weighted by atomic mass is 16.3. The number of benzene rings is 1. The summed E-state index contributed by atoms with van der Waals surface area (Å²) in [6.45, 7) is 0. The summed E-state index contributed by atoms with van der Waals surface area (Å²) in [5.41, 5.74) is 16.7. The summed E-state index contributed by atoms with van der Waals surface area (Å²) < 4.78 is 1.91. The van der Waals surface area contributed by atoms with Crippen LogP contribution in [0.5, 0.6) is 0 Å². The largest absolute Gasteiger partial charge is 0.399 e. The molecule has 1 aliphatic carbocycles. The maximum atomic E-state index is 9.78. The molecule has 0 saturated heterocycles. The van der Waals surface area contributed by atoms with Crippen molar-refractivity contribution < 1.29 is 5.11 Å². The second-order valence-electron chi connectivity index (χ2n) is 6.52. The molecule has 1 fully saturated rings. The van der Waals surface area contributed by atoms with Gasteiger partial charge in [0.1, 0.15) is 11.8 Å². The third kappa shape index (κ3) is 2.49. The lowest BCUT2D eigenvalue weighted by Gasteiger charge is -2.24. The molecule has 3 aromatic rings. The van der Waals surface area contributed by atoms with E-state index in [0.717, 1.165) is 53.7 Å². The number of rotatable bonds is 2. The van der Waals surface area contributed by atoms with Crippen molar-refractivity contribution >= 4 is 17.0 Å². The van der Waals surface area contributed by atoms with Gasteiger partial charge in [0, 0.05) is 22.9 Å². The fourth-order valence-electron chi connectivity index (χ4n) is 3.64. The first-order valence-electron chi connectivity index (χ1n) is 8.29. The van der Waals surface area contributed by atoms with Gasteiger partial charge in [-0.2, -0.15) is 5.10 Å². The lowest BCUT2D eigenvalue weighted by molar-refractivity contribution is 0.121. The third-order valence-corrected chi connectivity index (χ3v) is 4.95. The van der Waals surface area contributed by atoms with Gasteiger partial charge < -0.3 is 16.6 Å². The minimum atomic E-state index is -0.177. The maximum absolute atomic E-state index is 9.78. The van der Waals surface area contributed by atoms with E-state index in [1.165, 1.54) is 6.33 Å². The van der Waals surface area contributed by atoms with Gasteiger partial charge in [-0.15, -0.1) is 0 Å². The molecular weight excluding hydrogens is 302 g/mol. The van der Waals surface area contributed by atoms with Crippen LogP contribution >= 0.6 is 0 Å². The molecule has 0 bridgehead atoms. The van der Waals surface area contributed by atoms with Gasteiger partial charge >= 0.3 is 0 Å². The first-order chi connectivity index (χ1) is 11.6. The summed E-state index contributed by atoms with van der Waals surface area (Å²) in [7, 11) is 0. The fourth-order valence-corrected chi connectivity index (χ4v) is 3.64. The van der Waals surface area contributed by atoms with Crippen molar-refractivity contribution in [1.82, 2.24) is 14.6 Å². The third-order valence-electron chi connectivity index (χ3n) is 4.95. The van der Waals surface area contributed by atoms with Crippen LogP contribution < -0.4 is 11.5 Å². The molecule has 6 heteroatoms. The van der Waals surface area contributed by atoms with E-state index in [-0.39, 0.29) is 6.10 Å². The van der Waals surface area contributed by atoms with E-state index in [9.17, 15) is 5.11 Å². The van der Waals surface area contributed by atoms with Crippen molar-refractivity contribution in [2.75, 3.05) is 11.5 Å². The summed E-state index contributed by atoms with van der Waals surface area (Å²) >= 11 is 0. The monoisotopic (exact) mass is 323 g/mol. The van der Waals surface area contributed by atoms with E-state index < -0.39 is 0 Å². The number of anilines is 2. The summed E-state index contributed by atoms with van der Waals surface area (Å²) in [5.74, 6) is 0.844. The number of aromatic nitrogens is 3. The molecule has 2 heterocycles. The zero-order valence-corrected chi connectivity index (χ0v) is 13.4. The number of aliphatic hydroxyl groups is 1. The predicted octanol–water partition coefficient (Wildman–Crippen LogP) is 2.58. The van der Waals surface area contributed by atoms with E-state index in [2.05, 4.69) is 16.1 Å². The van der Waals surface area contributed by atoms with Crippen LogP contribution in [-0.4, -0.2) is 25.8 Å². The van der Waals surface area contributed by atoms with Crippen molar-refractivity contribution in [3.63, 3.8) is 0 Å². The maximum Gasteiger partial charge on any atom is 0.151 e. The number of hydrogen-bond donors (Lipinski definition) is 3. The molecule has 0 aliphatic heterocycles. The molecule has 24 heavy (non-hydrogen) atoms. The van der Waals surface area contributed by atoms with E-state index in [1.54, 1.807) is 0 Å². The smallest absolute Gasteiger partial charge is 0.151 e. The molecule has 4 rings (SSSR count). The van der Waals surface area contributed by atoms with Gasteiger partial charge in [-0.05, 0) is 49.4 Å². The minimum absolute atomic E-state index is 0.177. The van der Waals surface area contributed by atoms with Crippen LogP contribution in [0.3, 0.4) is 0 Å². The molecule has 5 N–H and O–H groups in total. The lowest BCUT2D eigenvalue weighted by atomic mass is 9.85. The molecule has 1 aromatic carbocycles. The van der Waals surface area contributed by atoms with Crippen LogP contribution in [0.4, 0.5) is 11.5 Å². The molecule has 6 nitrogen and oxygen atoms in total. The molecule has 2 aromatic heterocycles. The summed E-state index contributed by atoms with van der Waals surface area (Å²) in [6, 6.07) is 9.91. The van der Waals surface area contributed by atoms with Crippen molar-refractivity contribution in [2.24, 2.45) is 0 Å². The highest BCUT2D eigenvalue weighted by molar-refractivity contribution is 5.88. The van der Waals surface area contributed by atoms with E-state index in [1.807, 2.05) is 28.8 Å². The van der Waals surface area contributed by atoms with Gasteiger partial charge in [0.05, 0.1) is 6.10 Å². The first-order valence-corrected chi connectivity index (χ1v) is 8.29. The lowest BCUT2D eigenvalue weighted by Crippen LogP contribution is -2.18. The van der Waals surface area contributed by atoms with E-state index in [4.69, 9.17) is 11.5 Å². The predicted molar refractivity (Wildman–Crippen MR) is 94.5 cm³/mol. The molecule has 0 radical (unpaired) electrons. The molecule has 0 atom stereocenters. The molecule has 0 spiro atoms. The second-order valence-corrected chi connectivity index (χ2v) is 6.52.